The van der Waals surface area contributed by atoms with Crippen molar-refractivity contribution in [3.8, 4) is 5.75 Å². The highest BCUT2D eigenvalue weighted by atomic mass is 16.5. The first kappa shape index (κ1) is 15.0. The summed E-state index contributed by atoms with van der Waals surface area (Å²) < 4.78 is 5.25. The molecule has 19 heavy (non-hydrogen) atoms. The summed E-state index contributed by atoms with van der Waals surface area (Å²) in [5.41, 5.74) is 3.29. The van der Waals surface area contributed by atoms with E-state index in [9.17, 15) is 9.59 Å². The molecule has 1 aromatic carbocycles. The number of carbonyl (C=O) groups excluding carboxylic acids is 1. The van der Waals surface area contributed by atoms with Crippen LogP contribution in [0.1, 0.15) is 23.6 Å². The van der Waals surface area contributed by atoms with Gasteiger partial charge in [-0.3, -0.25) is 9.59 Å². The van der Waals surface area contributed by atoms with Crippen molar-refractivity contribution in [2.24, 2.45) is 5.92 Å². The van der Waals surface area contributed by atoms with Crippen molar-refractivity contribution in [3.63, 3.8) is 0 Å². The first-order valence-electron chi connectivity index (χ1n) is 5.98. The molecule has 0 saturated heterocycles. The van der Waals surface area contributed by atoms with Crippen LogP contribution in [0.5, 0.6) is 5.75 Å². The molecule has 104 valence electrons. The van der Waals surface area contributed by atoms with Crippen molar-refractivity contribution >= 4 is 17.6 Å². The number of carboxylic acids is 1. The Balaban J connectivity index is 3.12. The summed E-state index contributed by atoms with van der Waals surface area (Å²) in [7, 11) is 1.59. The maximum absolute atomic E-state index is 11.8. The van der Waals surface area contributed by atoms with Crippen LogP contribution in [-0.4, -0.2) is 24.1 Å². The lowest BCUT2D eigenvalue weighted by molar-refractivity contribution is -0.144. The number of nitrogens with one attached hydrogen (secondary N) is 1. The van der Waals surface area contributed by atoms with E-state index < -0.39 is 17.8 Å². The van der Waals surface area contributed by atoms with Gasteiger partial charge in [-0.05, 0) is 50.5 Å². The Morgan fingerprint density at radius 3 is 2.32 bits per heavy atom. The number of hydrogen-bond acceptors (Lipinski definition) is 3. The topological polar surface area (TPSA) is 75.6 Å². The summed E-state index contributed by atoms with van der Waals surface area (Å²) in [5.74, 6) is -2.00. The Bertz CT molecular complexity index is 523. The zero-order chi connectivity index (χ0) is 14.7. The fourth-order valence-electron chi connectivity index (χ4n) is 1.79. The molecule has 0 bridgehead atoms. The average molecular weight is 265 g/mol. The van der Waals surface area contributed by atoms with Crippen LogP contribution in [0, 0.1) is 26.7 Å². The lowest BCUT2D eigenvalue weighted by atomic mass is 10.0. The van der Waals surface area contributed by atoms with Gasteiger partial charge in [-0.2, -0.15) is 0 Å². The zero-order valence-electron chi connectivity index (χ0n) is 11.8. The van der Waals surface area contributed by atoms with E-state index in [-0.39, 0.29) is 0 Å². The van der Waals surface area contributed by atoms with Gasteiger partial charge >= 0.3 is 5.97 Å². The number of aryl methyl sites for hydroxylation is 1. The van der Waals surface area contributed by atoms with Crippen molar-refractivity contribution < 1.29 is 19.4 Å². The number of methoxy groups -OCH3 is 1. The molecule has 5 nitrogen and oxygen atoms in total. The second-order valence-corrected chi connectivity index (χ2v) is 4.57. The van der Waals surface area contributed by atoms with E-state index in [1.165, 1.54) is 6.92 Å². The molecule has 1 unspecified atom stereocenters. The molecule has 0 heterocycles. The molecule has 1 rings (SSSR count). The monoisotopic (exact) mass is 265 g/mol. The molecule has 0 spiro atoms. The molecule has 0 fully saturated rings. The summed E-state index contributed by atoms with van der Waals surface area (Å²) >= 11 is 0. The minimum absolute atomic E-state index is 0.525. The Labute approximate surface area is 112 Å². The SMILES string of the molecule is COc1cc(C)c(NC(=O)C(C)C(=O)O)c(C)c1C. The predicted molar refractivity (Wildman–Crippen MR) is 72.6 cm³/mol. The van der Waals surface area contributed by atoms with Gasteiger partial charge in [-0.15, -0.1) is 0 Å². The van der Waals surface area contributed by atoms with Crippen molar-refractivity contribution in [1.29, 1.82) is 0 Å². The minimum atomic E-state index is -1.14. The molecule has 1 amide bonds. The Morgan fingerprint density at radius 1 is 1.26 bits per heavy atom. The lowest BCUT2D eigenvalue weighted by Crippen LogP contribution is -2.27. The zero-order valence-corrected chi connectivity index (χ0v) is 11.8. The molecule has 0 saturated carbocycles. The Morgan fingerprint density at radius 2 is 1.84 bits per heavy atom. The standard InChI is InChI=1S/C14H19NO4/c1-7-6-11(19-5)8(2)9(3)12(7)15-13(16)10(4)14(17)18/h6,10H,1-5H3,(H,15,16)(H,17,18). The number of benzene rings is 1. The highest BCUT2D eigenvalue weighted by molar-refractivity contribution is 6.04. The molecule has 0 aliphatic heterocycles. The number of anilines is 1. The van der Waals surface area contributed by atoms with E-state index in [2.05, 4.69) is 5.32 Å². The fourth-order valence-corrected chi connectivity index (χ4v) is 1.79. The highest BCUT2D eigenvalue weighted by Gasteiger charge is 2.22. The summed E-state index contributed by atoms with van der Waals surface area (Å²) in [5, 5.41) is 11.5. The minimum Gasteiger partial charge on any atom is -0.496 e. The number of hydrogen-bond donors (Lipinski definition) is 2. The largest absolute Gasteiger partial charge is 0.496 e. The van der Waals surface area contributed by atoms with Crippen molar-refractivity contribution in [2.45, 2.75) is 27.7 Å². The van der Waals surface area contributed by atoms with Crippen LogP contribution in [0.15, 0.2) is 6.07 Å². The van der Waals surface area contributed by atoms with Crippen LogP contribution in [0.3, 0.4) is 0 Å². The quantitative estimate of drug-likeness (QED) is 0.819. The molecular formula is C14H19NO4. The number of aliphatic carboxylic acids is 1. The third-order valence-corrected chi connectivity index (χ3v) is 3.28. The van der Waals surface area contributed by atoms with Gasteiger partial charge in [-0.25, -0.2) is 0 Å². The first-order chi connectivity index (χ1) is 8.79. The Hall–Kier alpha value is -2.04. The summed E-state index contributed by atoms with van der Waals surface area (Å²) in [6.45, 7) is 6.96. The molecule has 0 aliphatic carbocycles. The van der Waals surface area contributed by atoms with Gasteiger partial charge in [0.05, 0.1) is 7.11 Å². The number of ether oxygens (including phenoxy) is 1. The molecule has 2 N–H and O–H groups in total. The molecule has 0 aromatic heterocycles. The molecule has 0 aliphatic rings. The van der Waals surface area contributed by atoms with Gasteiger partial charge in [0.25, 0.3) is 0 Å². The second kappa shape index (κ2) is 5.73. The normalized spacial score (nSPS) is 11.8. The molecule has 0 radical (unpaired) electrons. The van der Waals surface area contributed by atoms with Crippen LogP contribution >= 0.6 is 0 Å². The van der Waals surface area contributed by atoms with Gasteiger partial charge in [0.15, 0.2) is 0 Å². The number of rotatable bonds is 4. The van der Waals surface area contributed by atoms with Crippen LogP contribution < -0.4 is 10.1 Å². The summed E-state index contributed by atoms with van der Waals surface area (Å²) in [4.78, 5) is 22.6. The van der Waals surface area contributed by atoms with E-state index >= 15 is 0 Å². The van der Waals surface area contributed by atoms with E-state index in [1.54, 1.807) is 7.11 Å². The molecular weight excluding hydrogens is 246 g/mol. The maximum atomic E-state index is 11.8. The summed E-state index contributed by atoms with van der Waals surface area (Å²) in [6.07, 6.45) is 0. The van der Waals surface area contributed by atoms with Crippen LogP contribution in [0.4, 0.5) is 5.69 Å². The highest BCUT2D eigenvalue weighted by Crippen LogP contribution is 2.31. The van der Waals surface area contributed by atoms with Gasteiger partial charge in [0.2, 0.25) is 5.91 Å². The number of carbonyl (C=O) groups is 2. The van der Waals surface area contributed by atoms with E-state index in [1.807, 2.05) is 26.8 Å². The molecule has 1 atom stereocenters. The van der Waals surface area contributed by atoms with E-state index in [0.717, 1.165) is 22.4 Å². The van der Waals surface area contributed by atoms with Crippen molar-refractivity contribution in [2.75, 3.05) is 12.4 Å². The maximum Gasteiger partial charge on any atom is 0.315 e. The van der Waals surface area contributed by atoms with Gasteiger partial charge < -0.3 is 15.2 Å². The van der Waals surface area contributed by atoms with Gasteiger partial charge in [0, 0.05) is 5.69 Å². The third kappa shape index (κ3) is 3.05. The smallest absolute Gasteiger partial charge is 0.315 e. The third-order valence-electron chi connectivity index (χ3n) is 3.28. The van der Waals surface area contributed by atoms with E-state index in [0.29, 0.717) is 5.69 Å². The van der Waals surface area contributed by atoms with Gasteiger partial charge in [-0.1, -0.05) is 0 Å². The van der Waals surface area contributed by atoms with Crippen LogP contribution in [0.25, 0.3) is 0 Å². The fraction of sp³-hybridized carbons (Fsp3) is 0.429. The predicted octanol–water partition coefficient (Wildman–Crippen LogP) is 2.28. The summed E-state index contributed by atoms with van der Waals surface area (Å²) in [6, 6.07) is 1.82. The van der Waals surface area contributed by atoms with E-state index in [4.69, 9.17) is 9.84 Å². The van der Waals surface area contributed by atoms with Crippen LogP contribution in [0.2, 0.25) is 0 Å². The first-order valence-corrected chi connectivity index (χ1v) is 5.98. The molecule has 1 aromatic rings. The van der Waals surface area contributed by atoms with Crippen molar-refractivity contribution in [3.05, 3.63) is 22.8 Å². The van der Waals surface area contributed by atoms with Crippen molar-refractivity contribution in [1.82, 2.24) is 0 Å². The number of carboxylic acid groups (broad SMARTS) is 1. The lowest BCUT2D eigenvalue weighted by Gasteiger charge is -2.17. The average Bonchev–Trinajstić information content (AvgIpc) is 2.37. The van der Waals surface area contributed by atoms with Crippen LogP contribution in [-0.2, 0) is 9.59 Å². The Kier molecular flexibility index (Phi) is 4.53. The van der Waals surface area contributed by atoms with Gasteiger partial charge in [0.1, 0.15) is 11.7 Å². The number of amides is 1. The molecule has 5 heteroatoms. The second-order valence-electron chi connectivity index (χ2n) is 4.57.